The van der Waals surface area contributed by atoms with Crippen molar-refractivity contribution in [2.75, 3.05) is 0 Å². The van der Waals surface area contributed by atoms with E-state index in [1.54, 1.807) is 19.1 Å². The molecule has 1 aromatic rings. The highest BCUT2D eigenvalue weighted by Crippen LogP contribution is 2.05. The van der Waals surface area contributed by atoms with Crippen molar-refractivity contribution in [2.24, 2.45) is 0 Å². The molecule has 92 valence electrons. The van der Waals surface area contributed by atoms with Crippen LogP contribution in [-0.2, 0) is 4.79 Å². The van der Waals surface area contributed by atoms with Gasteiger partial charge in [-0.15, -0.1) is 0 Å². The minimum atomic E-state index is -0.846. The molecule has 1 aromatic carbocycles. The van der Waals surface area contributed by atoms with E-state index in [-0.39, 0.29) is 18.4 Å². The molecule has 1 rings (SSSR count). The van der Waals surface area contributed by atoms with Crippen molar-refractivity contribution in [1.29, 1.82) is 0 Å². The van der Waals surface area contributed by atoms with Crippen LogP contribution in [0.3, 0.4) is 0 Å². The maximum Gasteiger partial charge on any atom is 0.303 e. The summed E-state index contributed by atoms with van der Waals surface area (Å²) in [5.41, 5.74) is 1.63. The number of carboxylic acids is 1. The molecule has 1 atom stereocenters. The van der Waals surface area contributed by atoms with Gasteiger partial charge in [0.2, 0.25) is 0 Å². The maximum atomic E-state index is 11.8. The largest absolute Gasteiger partial charge is 0.481 e. The van der Waals surface area contributed by atoms with Crippen molar-refractivity contribution in [3.63, 3.8) is 0 Å². The molecule has 0 aliphatic rings. The average molecular weight is 235 g/mol. The Morgan fingerprint density at radius 3 is 2.71 bits per heavy atom. The van der Waals surface area contributed by atoms with Crippen LogP contribution in [0.25, 0.3) is 0 Å². The van der Waals surface area contributed by atoms with Crippen LogP contribution in [0.1, 0.15) is 35.7 Å². The molecular formula is C13H17NO3. The van der Waals surface area contributed by atoms with Crippen LogP contribution < -0.4 is 5.32 Å². The number of aryl methyl sites for hydroxylation is 1. The zero-order valence-electron chi connectivity index (χ0n) is 10.1. The van der Waals surface area contributed by atoms with E-state index in [9.17, 15) is 9.59 Å². The number of benzene rings is 1. The Hall–Kier alpha value is -1.84. The van der Waals surface area contributed by atoms with Crippen molar-refractivity contribution >= 4 is 11.9 Å². The van der Waals surface area contributed by atoms with Gasteiger partial charge in [-0.2, -0.15) is 0 Å². The van der Waals surface area contributed by atoms with Crippen LogP contribution in [0.15, 0.2) is 24.3 Å². The summed E-state index contributed by atoms with van der Waals surface area (Å²) < 4.78 is 0. The van der Waals surface area contributed by atoms with Gasteiger partial charge < -0.3 is 10.4 Å². The number of carbonyl (C=O) groups excluding carboxylic acids is 1. The highest BCUT2D eigenvalue weighted by molar-refractivity contribution is 5.94. The molecule has 0 aliphatic carbocycles. The number of hydrogen-bond donors (Lipinski definition) is 2. The van der Waals surface area contributed by atoms with E-state index in [2.05, 4.69) is 5.32 Å². The monoisotopic (exact) mass is 235 g/mol. The predicted octanol–water partition coefficient (Wildman–Crippen LogP) is 1.98. The van der Waals surface area contributed by atoms with Gasteiger partial charge in [0.25, 0.3) is 5.91 Å². The molecule has 1 amide bonds. The third-order valence-corrected chi connectivity index (χ3v) is 2.45. The van der Waals surface area contributed by atoms with Gasteiger partial charge in [0, 0.05) is 18.0 Å². The third-order valence-electron chi connectivity index (χ3n) is 2.45. The number of amides is 1. The summed E-state index contributed by atoms with van der Waals surface area (Å²) >= 11 is 0. The lowest BCUT2D eigenvalue weighted by Gasteiger charge is -2.12. The third kappa shape index (κ3) is 4.68. The first-order chi connectivity index (χ1) is 7.99. The highest BCUT2D eigenvalue weighted by atomic mass is 16.4. The van der Waals surface area contributed by atoms with E-state index < -0.39 is 5.97 Å². The molecule has 0 aliphatic heterocycles. The minimum absolute atomic E-state index is 0.0647. The van der Waals surface area contributed by atoms with E-state index in [1.165, 1.54) is 0 Å². The molecular weight excluding hydrogens is 218 g/mol. The lowest BCUT2D eigenvalue weighted by molar-refractivity contribution is -0.137. The van der Waals surface area contributed by atoms with Gasteiger partial charge in [0.15, 0.2) is 0 Å². The number of carboxylic acid groups (broad SMARTS) is 1. The zero-order valence-corrected chi connectivity index (χ0v) is 10.1. The summed E-state index contributed by atoms with van der Waals surface area (Å²) in [5.74, 6) is -1.01. The molecule has 0 heterocycles. The molecule has 0 aromatic heterocycles. The van der Waals surface area contributed by atoms with Gasteiger partial charge >= 0.3 is 5.97 Å². The number of carbonyl (C=O) groups is 2. The summed E-state index contributed by atoms with van der Waals surface area (Å²) in [6.07, 6.45) is 0.502. The first-order valence-electron chi connectivity index (χ1n) is 5.58. The summed E-state index contributed by atoms with van der Waals surface area (Å²) in [4.78, 5) is 22.2. The molecule has 0 saturated carbocycles. The fourth-order valence-corrected chi connectivity index (χ4v) is 1.51. The van der Waals surface area contributed by atoms with Crippen LogP contribution in [0.5, 0.6) is 0 Å². The number of aliphatic carboxylic acids is 1. The topological polar surface area (TPSA) is 66.4 Å². The molecule has 0 saturated heterocycles. The van der Waals surface area contributed by atoms with Crippen LogP contribution in [0.2, 0.25) is 0 Å². The number of hydrogen-bond acceptors (Lipinski definition) is 2. The summed E-state index contributed by atoms with van der Waals surface area (Å²) in [6.45, 7) is 3.72. The van der Waals surface area contributed by atoms with Gasteiger partial charge in [0.05, 0.1) is 0 Å². The van der Waals surface area contributed by atoms with E-state index in [4.69, 9.17) is 5.11 Å². The number of rotatable bonds is 5. The van der Waals surface area contributed by atoms with Crippen LogP contribution >= 0.6 is 0 Å². The van der Waals surface area contributed by atoms with E-state index in [0.29, 0.717) is 12.0 Å². The smallest absolute Gasteiger partial charge is 0.303 e. The summed E-state index contributed by atoms with van der Waals surface area (Å²) in [6, 6.07) is 7.15. The lowest BCUT2D eigenvalue weighted by atomic mass is 10.1. The van der Waals surface area contributed by atoms with Crippen LogP contribution in [0.4, 0.5) is 0 Å². The molecule has 1 unspecified atom stereocenters. The van der Waals surface area contributed by atoms with E-state index >= 15 is 0 Å². The molecule has 2 N–H and O–H groups in total. The van der Waals surface area contributed by atoms with E-state index in [1.807, 2.05) is 19.1 Å². The Balaban J connectivity index is 2.51. The maximum absolute atomic E-state index is 11.8. The van der Waals surface area contributed by atoms with Crippen molar-refractivity contribution in [3.8, 4) is 0 Å². The van der Waals surface area contributed by atoms with E-state index in [0.717, 1.165) is 5.56 Å². The van der Waals surface area contributed by atoms with Crippen molar-refractivity contribution < 1.29 is 14.7 Å². The first kappa shape index (κ1) is 13.2. The van der Waals surface area contributed by atoms with Crippen LogP contribution in [-0.4, -0.2) is 23.0 Å². The molecule has 0 fully saturated rings. The lowest BCUT2D eigenvalue weighted by Crippen LogP contribution is -2.32. The van der Waals surface area contributed by atoms with Crippen molar-refractivity contribution in [2.45, 2.75) is 32.7 Å². The zero-order chi connectivity index (χ0) is 12.8. The Morgan fingerprint density at radius 1 is 1.41 bits per heavy atom. The Labute approximate surface area is 101 Å². The Kier molecular flexibility index (Phi) is 4.69. The number of nitrogens with one attached hydrogen (secondary N) is 1. The predicted molar refractivity (Wildman–Crippen MR) is 65.0 cm³/mol. The molecule has 17 heavy (non-hydrogen) atoms. The second-order valence-corrected chi connectivity index (χ2v) is 4.18. The Bertz CT molecular complexity index is 415. The van der Waals surface area contributed by atoms with Gasteiger partial charge in [-0.1, -0.05) is 17.7 Å². The van der Waals surface area contributed by atoms with Gasteiger partial charge in [0.1, 0.15) is 0 Å². The molecule has 0 bridgehead atoms. The van der Waals surface area contributed by atoms with Crippen molar-refractivity contribution in [3.05, 3.63) is 35.4 Å². The minimum Gasteiger partial charge on any atom is -0.481 e. The molecule has 0 radical (unpaired) electrons. The Morgan fingerprint density at radius 2 is 2.12 bits per heavy atom. The van der Waals surface area contributed by atoms with Crippen molar-refractivity contribution in [1.82, 2.24) is 5.32 Å². The van der Waals surface area contributed by atoms with Gasteiger partial charge in [-0.05, 0) is 32.4 Å². The molecule has 4 nitrogen and oxygen atoms in total. The normalized spacial score (nSPS) is 11.9. The second-order valence-electron chi connectivity index (χ2n) is 4.18. The van der Waals surface area contributed by atoms with Gasteiger partial charge in [-0.25, -0.2) is 0 Å². The molecule has 0 spiro atoms. The molecule has 4 heteroatoms. The summed E-state index contributed by atoms with van der Waals surface area (Å²) in [7, 11) is 0. The average Bonchev–Trinajstić information content (AvgIpc) is 2.26. The van der Waals surface area contributed by atoms with Crippen LogP contribution in [0, 0.1) is 6.92 Å². The fourth-order valence-electron chi connectivity index (χ4n) is 1.51. The standard InChI is InChI=1S/C13H17NO3/c1-9-4-3-5-11(8-9)13(17)14-10(2)6-7-12(15)16/h3-5,8,10H,6-7H2,1-2H3,(H,14,17)(H,15,16). The second kappa shape index (κ2) is 6.03. The fraction of sp³-hybridized carbons (Fsp3) is 0.385. The highest BCUT2D eigenvalue weighted by Gasteiger charge is 2.10. The quantitative estimate of drug-likeness (QED) is 0.820. The SMILES string of the molecule is Cc1cccc(C(=O)NC(C)CCC(=O)O)c1. The first-order valence-corrected chi connectivity index (χ1v) is 5.58. The van der Waals surface area contributed by atoms with Gasteiger partial charge in [-0.3, -0.25) is 9.59 Å². The summed E-state index contributed by atoms with van der Waals surface area (Å²) in [5, 5.41) is 11.3.